The van der Waals surface area contributed by atoms with Crippen molar-refractivity contribution in [1.29, 1.82) is 0 Å². The summed E-state index contributed by atoms with van der Waals surface area (Å²) in [6.45, 7) is 15.6. The van der Waals surface area contributed by atoms with Gasteiger partial charge in [0.1, 0.15) is 23.5 Å². The molecule has 12 heteroatoms. The number of hydrogen-bond donors (Lipinski definition) is 0. The average Bonchev–Trinajstić information content (AvgIpc) is 3.48. The zero-order valence-corrected chi connectivity index (χ0v) is 25.0. The van der Waals surface area contributed by atoms with E-state index in [-0.39, 0.29) is 48.0 Å². The summed E-state index contributed by atoms with van der Waals surface area (Å²) in [7, 11) is -2.68. The van der Waals surface area contributed by atoms with Crippen LogP contribution in [0.5, 0.6) is 6.01 Å². The number of pyridine rings is 1. The molecule has 0 aliphatic carbocycles. The van der Waals surface area contributed by atoms with Crippen LogP contribution in [0.1, 0.15) is 50.6 Å². The molecule has 226 valence electrons. The molecular weight excluding hydrogens is 563 g/mol. The Morgan fingerprint density at radius 3 is 2.64 bits per heavy atom. The third-order valence-electron chi connectivity index (χ3n) is 8.69. The lowest BCUT2D eigenvalue weighted by molar-refractivity contribution is -0.0261. The second-order valence-electron chi connectivity index (χ2n) is 13.1. The van der Waals surface area contributed by atoms with Crippen LogP contribution >= 0.6 is 11.6 Å². The molecule has 2 unspecified atom stereocenters. The first-order valence-electron chi connectivity index (χ1n) is 15.6. The Kier molecular flexibility index (Phi) is 6.25. The fourth-order valence-corrected chi connectivity index (χ4v) is 7.31. The fourth-order valence-electron chi connectivity index (χ4n) is 7.17. The Labute approximate surface area is 254 Å². The predicted molar refractivity (Wildman–Crippen MR) is 158 cm³/mol. The number of methoxy groups -OCH3 is 1. The Morgan fingerprint density at radius 2 is 1.95 bits per heavy atom. The molecule has 4 aliphatic heterocycles. The van der Waals surface area contributed by atoms with Crippen LogP contribution in [0.3, 0.4) is 0 Å². The van der Waals surface area contributed by atoms with Crippen LogP contribution < -0.4 is 9.64 Å². The first-order chi connectivity index (χ1) is 21.0. The van der Waals surface area contributed by atoms with Gasteiger partial charge in [0.2, 0.25) is 0 Å². The second kappa shape index (κ2) is 10.3. The zero-order chi connectivity index (χ0) is 32.5. The van der Waals surface area contributed by atoms with Crippen LogP contribution in [-0.4, -0.2) is 100.0 Å². The van der Waals surface area contributed by atoms with Crippen molar-refractivity contribution in [1.82, 2.24) is 24.8 Å². The molecule has 4 saturated heterocycles. The monoisotopic (exact) mass is 603 g/mol. The summed E-state index contributed by atoms with van der Waals surface area (Å²) in [6, 6.07) is -0.382. The molecule has 1 amide bonds. The van der Waals surface area contributed by atoms with E-state index in [1.54, 1.807) is 25.7 Å². The van der Waals surface area contributed by atoms with E-state index >= 15 is 4.39 Å². The van der Waals surface area contributed by atoms with Crippen molar-refractivity contribution in [2.75, 3.05) is 51.3 Å². The summed E-state index contributed by atoms with van der Waals surface area (Å²) in [4.78, 5) is 32.5. The number of rotatable bonds is 6. The number of hydrogen-bond acceptors (Lipinski definition) is 9. The number of halogens is 2. The van der Waals surface area contributed by atoms with E-state index in [9.17, 15) is 4.79 Å². The van der Waals surface area contributed by atoms with Crippen LogP contribution in [0.4, 0.5) is 15.0 Å². The molecule has 0 aromatic carbocycles. The quantitative estimate of drug-likeness (QED) is 0.342. The number of carbonyl (C=O) groups excluding carboxylic acids is 1. The second-order valence-corrected chi connectivity index (χ2v) is 13.5. The summed E-state index contributed by atoms with van der Waals surface area (Å²) in [5, 5.41) is -0.0241. The zero-order valence-electron chi connectivity index (χ0n) is 27.2. The number of carbonyl (C=O) groups is 1. The van der Waals surface area contributed by atoms with Gasteiger partial charge in [-0.15, -0.1) is 0 Å². The van der Waals surface area contributed by atoms with Gasteiger partial charge in [-0.1, -0.05) is 35.9 Å². The van der Waals surface area contributed by atoms with Crippen LogP contribution in [0.2, 0.25) is 5.15 Å². The number of aromatic nitrogens is 3. The van der Waals surface area contributed by atoms with E-state index in [2.05, 4.69) is 28.0 Å². The number of amides is 1. The molecule has 2 bridgehead atoms. The molecule has 4 aliphatic rings. The van der Waals surface area contributed by atoms with E-state index in [0.29, 0.717) is 30.6 Å². The molecule has 2 atom stereocenters. The van der Waals surface area contributed by atoms with Crippen LogP contribution in [0, 0.1) is 5.82 Å². The molecule has 10 nitrogen and oxygen atoms in total. The number of ether oxygens (including phenoxy) is 3. The highest BCUT2D eigenvalue weighted by Gasteiger charge is 2.55. The summed E-state index contributed by atoms with van der Waals surface area (Å²) >= 11 is 6.08. The fraction of sp³-hybridized carbons (Fsp3) is 0.600. The van der Waals surface area contributed by atoms with Gasteiger partial charge in [-0.25, -0.2) is 14.2 Å². The first-order valence-corrected chi connectivity index (χ1v) is 14.5. The van der Waals surface area contributed by atoms with E-state index in [1.807, 2.05) is 4.90 Å². The highest BCUT2D eigenvalue weighted by molar-refractivity contribution is 6.30. The maximum atomic E-state index is 15.5. The lowest BCUT2D eigenvalue weighted by Crippen LogP contribution is -2.66. The summed E-state index contributed by atoms with van der Waals surface area (Å²) in [5.74, 6) is -0.463. The van der Waals surface area contributed by atoms with Crippen molar-refractivity contribution in [2.45, 2.75) is 69.2 Å². The molecule has 6 rings (SSSR count). The third kappa shape index (κ3) is 4.99. The van der Waals surface area contributed by atoms with Gasteiger partial charge in [0.15, 0.2) is 11.0 Å². The SMILES string of the molecule is [2H]C([2H])([2H])OCC12CCC(CN(c3nc(OCC45CC(=C)CN4CC(=C)C5)nc4c(F)c(Cl)ncc34)C1)N2C(=O)OC(C)(C)C. The van der Waals surface area contributed by atoms with Crippen molar-refractivity contribution < 1.29 is 27.5 Å². The number of nitrogens with zero attached hydrogens (tertiary/aromatic N) is 6. The van der Waals surface area contributed by atoms with Crippen molar-refractivity contribution in [3.8, 4) is 6.01 Å². The van der Waals surface area contributed by atoms with Crippen LogP contribution in [-0.2, 0) is 9.47 Å². The minimum atomic E-state index is -2.68. The van der Waals surface area contributed by atoms with Crippen LogP contribution in [0.25, 0.3) is 10.9 Å². The Bertz CT molecular complexity index is 1550. The van der Waals surface area contributed by atoms with Crippen molar-refractivity contribution in [2.24, 2.45) is 0 Å². The van der Waals surface area contributed by atoms with E-state index in [1.165, 1.54) is 6.20 Å². The third-order valence-corrected chi connectivity index (χ3v) is 8.96. The van der Waals surface area contributed by atoms with E-state index in [0.717, 1.165) is 37.1 Å². The lowest BCUT2D eigenvalue weighted by atomic mass is 9.92. The highest BCUT2D eigenvalue weighted by Crippen LogP contribution is 2.45. The molecule has 0 spiro atoms. The molecule has 2 aromatic heterocycles. The number of anilines is 1. The molecule has 0 N–H and O–H groups in total. The molecule has 6 heterocycles. The van der Waals surface area contributed by atoms with Gasteiger partial charge >= 0.3 is 12.1 Å². The smallest absolute Gasteiger partial charge is 0.411 e. The van der Waals surface area contributed by atoms with E-state index < -0.39 is 30.1 Å². The van der Waals surface area contributed by atoms with Gasteiger partial charge < -0.3 is 19.1 Å². The van der Waals surface area contributed by atoms with Crippen molar-refractivity contribution in [3.05, 3.63) is 41.5 Å². The van der Waals surface area contributed by atoms with E-state index in [4.69, 9.17) is 34.9 Å². The predicted octanol–water partition coefficient (Wildman–Crippen LogP) is 4.76. The highest BCUT2D eigenvalue weighted by atomic mass is 35.5. The van der Waals surface area contributed by atoms with Crippen molar-refractivity contribution >= 4 is 34.4 Å². The van der Waals surface area contributed by atoms with Gasteiger partial charge in [-0.3, -0.25) is 9.80 Å². The van der Waals surface area contributed by atoms with Gasteiger partial charge in [0.05, 0.1) is 33.2 Å². The van der Waals surface area contributed by atoms with Gasteiger partial charge in [0.25, 0.3) is 0 Å². The maximum Gasteiger partial charge on any atom is 0.411 e. The first kappa shape index (κ1) is 25.5. The summed E-state index contributed by atoms with van der Waals surface area (Å²) in [5.41, 5.74) is 0.0333. The number of fused-ring (bicyclic) bond motifs is 4. The Hall–Kier alpha value is -3.02. The molecular formula is C30H38ClFN6O4. The van der Waals surface area contributed by atoms with Gasteiger partial charge in [0, 0.05) is 39.4 Å². The van der Waals surface area contributed by atoms with Gasteiger partial charge in [-0.2, -0.15) is 9.97 Å². The minimum Gasteiger partial charge on any atom is -0.461 e. The van der Waals surface area contributed by atoms with Crippen molar-refractivity contribution in [3.63, 3.8) is 0 Å². The molecule has 0 radical (unpaired) electrons. The Morgan fingerprint density at radius 1 is 1.21 bits per heavy atom. The van der Waals surface area contributed by atoms with Gasteiger partial charge in [-0.05, 0) is 46.5 Å². The summed E-state index contributed by atoms with van der Waals surface area (Å²) in [6.07, 6.45) is 3.41. The standard InChI is InChI=1S/C30H38ClFN6O4/c1-18-9-30(10-19(2)13-37(30)12-18)17-41-26-34-23-21(11-33-24(31)22(23)32)25(35-26)36-14-20-7-8-29(15-36,16-40-6)38(20)27(39)42-28(3,4)5/h11,20H,1-2,7-10,12-17H2,3-6H3/i6D3. The molecule has 2 aromatic rings. The molecule has 4 fully saturated rings. The number of piperazine rings is 1. The maximum absolute atomic E-state index is 15.5. The molecule has 42 heavy (non-hydrogen) atoms. The summed E-state index contributed by atoms with van der Waals surface area (Å²) < 4.78 is 55.8. The Balaban J connectivity index is 1.37. The topological polar surface area (TPSA) is 93.2 Å². The average molecular weight is 604 g/mol. The molecule has 0 saturated carbocycles. The normalized spacial score (nSPS) is 26.8. The minimum absolute atomic E-state index is 0.0299. The lowest BCUT2D eigenvalue weighted by Gasteiger charge is -2.49. The largest absolute Gasteiger partial charge is 0.461 e. The van der Waals surface area contributed by atoms with Crippen LogP contribution in [0.15, 0.2) is 30.5 Å².